The SMILES string of the molecule is CCOC(=O)c1c(NC(=O)c2ccc(O[C@H](C)C(=O)Nc3cccc(C)c3C)cc2)sc(C)c1-c1ccccc1. The lowest BCUT2D eigenvalue weighted by atomic mass is 10.0. The highest BCUT2D eigenvalue weighted by Gasteiger charge is 2.26. The maximum Gasteiger partial charge on any atom is 0.341 e. The van der Waals surface area contributed by atoms with Crippen LogP contribution in [0, 0.1) is 20.8 Å². The molecule has 7 nitrogen and oxygen atoms in total. The molecule has 4 aromatic rings. The lowest BCUT2D eigenvalue weighted by Crippen LogP contribution is -2.30. The molecule has 0 saturated heterocycles. The van der Waals surface area contributed by atoms with Gasteiger partial charge in [-0.05, 0) is 81.6 Å². The van der Waals surface area contributed by atoms with Crippen molar-refractivity contribution >= 4 is 39.8 Å². The van der Waals surface area contributed by atoms with Crippen LogP contribution in [-0.2, 0) is 9.53 Å². The van der Waals surface area contributed by atoms with Crippen molar-refractivity contribution in [1.29, 1.82) is 0 Å². The number of benzene rings is 3. The Morgan fingerprint density at radius 2 is 1.57 bits per heavy atom. The highest BCUT2D eigenvalue weighted by atomic mass is 32.1. The van der Waals surface area contributed by atoms with Crippen LogP contribution in [0.3, 0.4) is 0 Å². The molecule has 0 saturated carbocycles. The molecule has 3 aromatic carbocycles. The Bertz CT molecular complexity index is 1530. The quantitative estimate of drug-likeness (QED) is 0.213. The third kappa shape index (κ3) is 6.40. The number of carbonyl (C=O) groups excluding carboxylic acids is 3. The molecule has 206 valence electrons. The summed E-state index contributed by atoms with van der Waals surface area (Å²) in [7, 11) is 0. The van der Waals surface area contributed by atoms with E-state index in [4.69, 9.17) is 9.47 Å². The van der Waals surface area contributed by atoms with Crippen LogP contribution in [0.2, 0.25) is 0 Å². The lowest BCUT2D eigenvalue weighted by molar-refractivity contribution is -0.122. The summed E-state index contributed by atoms with van der Waals surface area (Å²) < 4.78 is 11.1. The van der Waals surface area contributed by atoms with Crippen molar-refractivity contribution in [1.82, 2.24) is 0 Å². The molecule has 2 amide bonds. The molecule has 2 N–H and O–H groups in total. The summed E-state index contributed by atoms with van der Waals surface area (Å²) in [6.07, 6.45) is -0.753. The number of amides is 2. The number of carbonyl (C=O) groups is 3. The Kier molecular flexibility index (Phi) is 9.01. The Morgan fingerprint density at radius 1 is 0.875 bits per heavy atom. The van der Waals surface area contributed by atoms with Gasteiger partial charge in [0, 0.05) is 21.7 Å². The van der Waals surface area contributed by atoms with Gasteiger partial charge in [-0.1, -0.05) is 42.5 Å². The van der Waals surface area contributed by atoms with E-state index in [-0.39, 0.29) is 18.4 Å². The molecule has 1 aromatic heterocycles. The zero-order valence-corrected chi connectivity index (χ0v) is 24.0. The number of hydrogen-bond donors (Lipinski definition) is 2. The second-order valence-corrected chi connectivity index (χ2v) is 10.5. The Balaban J connectivity index is 1.47. The normalized spacial score (nSPS) is 11.4. The predicted molar refractivity (Wildman–Crippen MR) is 159 cm³/mol. The Labute approximate surface area is 238 Å². The molecule has 0 fully saturated rings. The van der Waals surface area contributed by atoms with Gasteiger partial charge in [-0.25, -0.2) is 4.79 Å². The van der Waals surface area contributed by atoms with Gasteiger partial charge in [0.2, 0.25) is 0 Å². The molecule has 1 atom stereocenters. The van der Waals surface area contributed by atoms with E-state index in [9.17, 15) is 14.4 Å². The van der Waals surface area contributed by atoms with E-state index in [2.05, 4.69) is 10.6 Å². The van der Waals surface area contributed by atoms with Gasteiger partial charge in [-0.15, -0.1) is 11.3 Å². The van der Waals surface area contributed by atoms with Crippen LogP contribution in [0.1, 0.15) is 50.6 Å². The smallest absolute Gasteiger partial charge is 0.341 e. The van der Waals surface area contributed by atoms with Gasteiger partial charge >= 0.3 is 5.97 Å². The first-order valence-corrected chi connectivity index (χ1v) is 13.8. The minimum atomic E-state index is -0.753. The van der Waals surface area contributed by atoms with Crippen LogP contribution < -0.4 is 15.4 Å². The number of ether oxygens (including phenoxy) is 2. The van der Waals surface area contributed by atoms with Gasteiger partial charge in [0.1, 0.15) is 16.3 Å². The fourth-order valence-corrected chi connectivity index (χ4v) is 5.28. The third-order valence-electron chi connectivity index (χ3n) is 6.51. The fraction of sp³-hybridized carbons (Fsp3) is 0.219. The molecule has 0 radical (unpaired) electrons. The van der Waals surface area contributed by atoms with Crippen LogP contribution in [0.5, 0.6) is 5.75 Å². The van der Waals surface area contributed by atoms with Gasteiger partial charge in [0.05, 0.1) is 6.61 Å². The van der Waals surface area contributed by atoms with Crippen molar-refractivity contribution < 1.29 is 23.9 Å². The average Bonchev–Trinajstić information content (AvgIpc) is 3.27. The van der Waals surface area contributed by atoms with Crippen molar-refractivity contribution in [3.8, 4) is 16.9 Å². The maximum atomic E-state index is 13.1. The minimum Gasteiger partial charge on any atom is -0.481 e. The first-order chi connectivity index (χ1) is 19.2. The standard InChI is InChI=1S/C32H32N2O5S/c1-6-38-32(37)28-27(23-12-8-7-9-13-23)22(5)40-31(28)34-30(36)24-15-17-25(18-16-24)39-21(4)29(35)33-26-14-10-11-19(2)20(26)3/h7-18,21H,6H2,1-5H3,(H,33,35)(H,34,36)/t21-/m1/s1. The molecule has 0 aliphatic carbocycles. The number of hydrogen-bond acceptors (Lipinski definition) is 6. The van der Waals surface area contributed by atoms with Crippen molar-refractivity contribution in [3.05, 3.63) is 99.9 Å². The molecule has 0 aliphatic rings. The first kappa shape index (κ1) is 28.6. The molecule has 40 heavy (non-hydrogen) atoms. The number of thiophene rings is 1. The molecule has 1 heterocycles. The van der Waals surface area contributed by atoms with Gasteiger partial charge in [0.25, 0.3) is 11.8 Å². The molecule has 0 aliphatic heterocycles. The van der Waals surface area contributed by atoms with Gasteiger partial charge in [-0.3, -0.25) is 9.59 Å². The minimum absolute atomic E-state index is 0.220. The molecule has 0 bridgehead atoms. The third-order valence-corrected chi connectivity index (χ3v) is 7.54. The molecular weight excluding hydrogens is 524 g/mol. The zero-order chi connectivity index (χ0) is 28.8. The molecule has 8 heteroatoms. The van der Waals surface area contributed by atoms with E-state index < -0.39 is 12.1 Å². The van der Waals surface area contributed by atoms with Gasteiger partial charge in [-0.2, -0.15) is 0 Å². The van der Waals surface area contributed by atoms with Gasteiger partial charge in [0.15, 0.2) is 6.10 Å². The van der Waals surface area contributed by atoms with Gasteiger partial charge < -0.3 is 20.1 Å². The highest BCUT2D eigenvalue weighted by Crippen LogP contribution is 2.40. The second-order valence-electron chi connectivity index (χ2n) is 9.30. The summed E-state index contributed by atoms with van der Waals surface area (Å²) in [5, 5.41) is 6.22. The van der Waals surface area contributed by atoms with Crippen molar-refractivity contribution in [2.75, 3.05) is 17.2 Å². The number of aryl methyl sites for hydroxylation is 2. The van der Waals surface area contributed by atoms with E-state index in [1.807, 2.05) is 69.3 Å². The molecular formula is C32H32N2O5S. The summed E-state index contributed by atoms with van der Waals surface area (Å²) in [5.41, 5.74) is 5.17. The summed E-state index contributed by atoms with van der Waals surface area (Å²) in [6, 6.07) is 21.8. The second kappa shape index (κ2) is 12.6. The highest BCUT2D eigenvalue weighted by molar-refractivity contribution is 7.17. The summed E-state index contributed by atoms with van der Waals surface area (Å²) >= 11 is 1.33. The van der Waals surface area contributed by atoms with E-state index in [0.29, 0.717) is 21.9 Å². The molecule has 4 rings (SSSR count). The van der Waals surface area contributed by atoms with E-state index in [0.717, 1.165) is 32.8 Å². The average molecular weight is 557 g/mol. The summed E-state index contributed by atoms with van der Waals surface area (Å²) in [4.78, 5) is 39.7. The van der Waals surface area contributed by atoms with E-state index >= 15 is 0 Å². The van der Waals surface area contributed by atoms with Crippen molar-refractivity contribution in [2.45, 2.75) is 40.7 Å². The molecule has 0 unspecified atom stereocenters. The van der Waals surface area contributed by atoms with Crippen LogP contribution >= 0.6 is 11.3 Å². The number of nitrogens with one attached hydrogen (secondary N) is 2. The van der Waals surface area contributed by atoms with Crippen molar-refractivity contribution in [3.63, 3.8) is 0 Å². The Morgan fingerprint density at radius 3 is 2.25 bits per heavy atom. The molecule has 0 spiro atoms. The maximum absolute atomic E-state index is 13.1. The zero-order valence-electron chi connectivity index (χ0n) is 23.2. The van der Waals surface area contributed by atoms with Crippen LogP contribution in [0.15, 0.2) is 72.8 Å². The fourth-order valence-electron chi connectivity index (χ4n) is 4.22. The largest absolute Gasteiger partial charge is 0.481 e. The van der Waals surface area contributed by atoms with Crippen LogP contribution in [-0.4, -0.2) is 30.5 Å². The van der Waals surface area contributed by atoms with Crippen LogP contribution in [0.4, 0.5) is 10.7 Å². The Hall–Kier alpha value is -4.43. The van der Waals surface area contributed by atoms with Crippen LogP contribution in [0.25, 0.3) is 11.1 Å². The van der Waals surface area contributed by atoms with Crippen molar-refractivity contribution in [2.24, 2.45) is 0 Å². The summed E-state index contributed by atoms with van der Waals surface area (Å²) in [6.45, 7) is 9.49. The van der Waals surface area contributed by atoms with E-state index in [1.165, 1.54) is 11.3 Å². The van der Waals surface area contributed by atoms with E-state index in [1.54, 1.807) is 38.1 Å². The number of anilines is 2. The monoisotopic (exact) mass is 556 g/mol. The predicted octanol–water partition coefficient (Wildman–Crippen LogP) is 7.18. The lowest BCUT2D eigenvalue weighted by Gasteiger charge is -2.16. The number of rotatable bonds is 9. The topological polar surface area (TPSA) is 93.7 Å². The number of esters is 1. The first-order valence-electron chi connectivity index (χ1n) is 13.0. The summed E-state index contributed by atoms with van der Waals surface area (Å²) in [5.74, 6) is -0.688.